The Morgan fingerprint density at radius 3 is 2.23 bits per heavy atom. The van der Waals surface area contributed by atoms with E-state index in [0.29, 0.717) is 21.9 Å². The molecular formula is C21H16O4S. The summed E-state index contributed by atoms with van der Waals surface area (Å²) in [6.45, 7) is 0. The Labute approximate surface area is 155 Å². The predicted molar refractivity (Wildman–Crippen MR) is 102 cm³/mol. The fraction of sp³-hybridized carbons (Fsp3) is 0.0476. The quantitative estimate of drug-likeness (QED) is 0.271. The molecule has 0 N–H and O–H groups in total. The van der Waals surface area contributed by atoms with E-state index in [4.69, 9.17) is 9.47 Å². The van der Waals surface area contributed by atoms with E-state index in [1.54, 1.807) is 73.8 Å². The Morgan fingerprint density at radius 1 is 0.923 bits per heavy atom. The lowest BCUT2D eigenvalue weighted by Gasteiger charge is -2.03. The van der Waals surface area contributed by atoms with Gasteiger partial charge in [0.25, 0.3) is 0 Å². The molecule has 0 bridgehead atoms. The molecule has 0 saturated heterocycles. The van der Waals surface area contributed by atoms with E-state index in [0.717, 1.165) is 5.56 Å². The van der Waals surface area contributed by atoms with Crippen LogP contribution in [-0.2, 0) is 0 Å². The molecule has 0 aliphatic carbocycles. The highest BCUT2D eigenvalue weighted by Crippen LogP contribution is 2.18. The molecule has 3 aromatic rings. The van der Waals surface area contributed by atoms with Crippen molar-refractivity contribution in [2.45, 2.75) is 0 Å². The third-order valence-electron chi connectivity index (χ3n) is 3.61. The van der Waals surface area contributed by atoms with E-state index >= 15 is 0 Å². The van der Waals surface area contributed by atoms with Gasteiger partial charge in [0.2, 0.25) is 0 Å². The molecule has 0 amide bonds. The lowest BCUT2D eigenvalue weighted by molar-refractivity contribution is 0.0739. The van der Waals surface area contributed by atoms with Crippen LogP contribution in [0.3, 0.4) is 0 Å². The molecule has 4 nitrogen and oxygen atoms in total. The Balaban J connectivity index is 1.62. The van der Waals surface area contributed by atoms with Crippen LogP contribution in [0.1, 0.15) is 25.6 Å². The molecule has 1 heterocycles. The number of hydrogen-bond acceptors (Lipinski definition) is 5. The van der Waals surface area contributed by atoms with Gasteiger partial charge in [-0.2, -0.15) is 0 Å². The van der Waals surface area contributed by atoms with E-state index in [-0.39, 0.29) is 11.8 Å². The molecule has 0 atom stereocenters. The maximum absolute atomic E-state index is 12.2. The number of carbonyl (C=O) groups excluding carboxylic acids is 2. The van der Waals surface area contributed by atoms with Crippen LogP contribution in [0.25, 0.3) is 6.08 Å². The normalized spacial score (nSPS) is 10.7. The second-order valence-corrected chi connectivity index (χ2v) is 6.31. The molecule has 5 heteroatoms. The second kappa shape index (κ2) is 8.27. The largest absolute Gasteiger partial charge is 0.497 e. The summed E-state index contributed by atoms with van der Waals surface area (Å²) < 4.78 is 10.4. The summed E-state index contributed by atoms with van der Waals surface area (Å²) >= 11 is 1.33. The third-order valence-corrected chi connectivity index (χ3v) is 4.46. The van der Waals surface area contributed by atoms with Crippen molar-refractivity contribution in [2.24, 2.45) is 0 Å². The predicted octanol–water partition coefficient (Wildman–Crippen LogP) is 4.87. The van der Waals surface area contributed by atoms with E-state index in [2.05, 4.69) is 0 Å². The number of thiophene rings is 1. The first-order valence-electron chi connectivity index (χ1n) is 7.88. The van der Waals surface area contributed by atoms with Crippen LogP contribution in [0.4, 0.5) is 0 Å². The minimum Gasteiger partial charge on any atom is -0.497 e. The molecule has 0 unspecified atom stereocenters. The van der Waals surface area contributed by atoms with Crippen LogP contribution in [0.15, 0.2) is 72.1 Å². The van der Waals surface area contributed by atoms with Crippen molar-refractivity contribution in [3.8, 4) is 11.5 Å². The molecule has 26 heavy (non-hydrogen) atoms. The van der Waals surface area contributed by atoms with Gasteiger partial charge in [0, 0.05) is 5.56 Å². The van der Waals surface area contributed by atoms with Gasteiger partial charge in [-0.1, -0.05) is 24.3 Å². The molecule has 2 aromatic carbocycles. The molecule has 0 fully saturated rings. The first-order valence-corrected chi connectivity index (χ1v) is 8.76. The highest BCUT2D eigenvalue weighted by Gasteiger charge is 2.09. The molecule has 130 valence electrons. The molecule has 0 spiro atoms. The maximum atomic E-state index is 12.2. The third kappa shape index (κ3) is 4.46. The molecule has 0 aliphatic rings. The number of ketones is 1. The molecule has 0 aliphatic heterocycles. The van der Waals surface area contributed by atoms with Gasteiger partial charge in [-0.3, -0.25) is 4.79 Å². The number of esters is 1. The minimum atomic E-state index is -0.377. The number of ether oxygens (including phenoxy) is 2. The number of hydrogen-bond donors (Lipinski definition) is 0. The fourth-order valence-electron chi connectivity index (χ4n) is 2.22. The van der Waals surface area contributed by atoms with Crippen LogP contribution < -0.4 is 9.47 Å². The summed E-state index contributed by atoms with van der Waals surface area (Å²) in [6, 6.07) is 17.4. The summed E-state index contributed by atoms with van der Waals surface area (Å²) in [5, 5.41) is 1.82. The van der Waals surface area contributed by atoms with Crippen molar-refractivity contribution in [1.29, 1.82) is 0 Å². The summed E-state index contributed by atoms with van der Waals surface area (Å²) in [4.78, 5) is 24.6. The summed E-state index contributed by atoms with van der Waals surface area (Å²) in [7, 11) is 1.58. The van der Waals surface area contributed by atoms with Crippen LogP contribution >= 0.6 is 11.3 Å². The smallest absolute Gasteiger partial charge is 0.353 e. The van der Waals surface area contributed by atoms with E-state index in [9.17, 15) is 9.59 Å². The number of carbonyl (C=O) groups is 2. The standard InChI is InChI=1S/C21H16O4S/c1-24-17-11-7-16(8-12-17)19(22)13-6-15-4-9-18(10-5-15)25-21(23)20-3-2-14-26-20/h2-14H,1H3. The number of methoxy groups -OCH3 is 1. The summed E-state index contributed by atoms with van der Waals surface area (Å²) in [5.74, 6) is 0.694. The summed E-state index contributed by atoms with van der Waals surface area (Å²) in [6.07, 6.45) is 3.23. The monoisotopic (exact) mass is 364 g/mol. The molecule has 0 saturated carbocycles. The van der Waals surface area contributed by atoms with Gasteiger partial charge < -0.3 is 9.47 Å². The fourth-order valence-corrected chi connectivity index (χ4v) is 2.82. The van der Waals surface area contributed by atoms with Crippen LogP contribution in [-0.4, -0.2) is 18.9 Å². The van der Waals surface area contributed by atoms with Crippen molar-refractivity contribution >= 4 is 29.2 Å². The van der Waals surface area contributed by atoms with Gasteiger partial charge in [0.15, 0.2) is 5.78 Å². The molecule has 3 rings (SSSR count). The van der Waals surface area contributed by atoms with Gasteiger partial charge in [-0.15, -0.1) is 11.3 Å². The van der Waals surface area contributed by atoms with Crippen molar-refractivity contribution < 1.29 is 19.1 Å². The maximum Gasteiger partial charge on any atom is 0.353 e. The number of allylic oxidation sites excluding steroid dienone is 1. The lowest BCUT2D eigenvalue weighted by atomic mass is 10.1. The average molecular weight is 364 g/mol. The Morgan fingerprint density at radius 2 is 1.62 bits per heavy atom. The Hall–Kier alpha value is -3.18. The van der Waals surface area contributed by atoms with Crippen molar-refractivity contribution in [3.05, 3.63) is 88.1 Å². The van der Waals surface area contributed by atoms with E-state index in [1.165, 1.54) is 17.4 Å². The van der Waals surface area contributed by atoms with Crippen molar-refractivity contribution in [3.63, 3.8) is 0 Å². The minimum absolute atomic E-state index is 0.0964. The zero-order valence-corrected chi connectivity index (χ0v) is 14.9. The average Bonchev–Trinajstić information content (AvgIpc) is 3.22. The molecule has 0 radical (unpaired) electrons. The molecular weight excluding hydrogens is 348 g/mol. The van der Waals surface area contributed by atoms with Gasteiger partial charge >= 0.3 is 5.97 Å². The number of benzene rings is 2. The Bertz CT molecular complexity index is 908. The van der Waals surface area contributed by atoms with Gasteiger partial charge in [0.05, 0.1) is 7.11 Å². The van der Waals surface area contributed by atoms with Crippen molar-refractivity contribution in [1.82, 2.24) is 0 Å². The topological polar surface area (TPSA) is 52.6 Å². The number of rotatable bonds is 6. The lowest BCUT2D eigenvalue weighted by Crippen LogP contribution is -2.05. The van der Waals surface area contributed by atoms with Crippen LogP contribution in [0.2, 0.25) is 0 Å². The Kier molecular flexibility index (Phi) is 5.61. The zero-order valence-electron chi connectivity index (χ0n) is 14.0. The van der Waals surface area contributed by atoms with Gasteiger partial charge in [-0.05, 0) is 59.5 Å². The van der Waals surface area contributed by atoms with Gasteiger partial charge in [0.1, 0.15) is 16.4 Å². The van der Waals surface area contributed by atoms with Crippen LogP contribution in [0.5, 0.6) is 11.5 Å². The SMILES string of the molecule is COc1ccc(C(=O)C=Cc2ccc(OC(=O)c3cccs3)cc2)cc1. The summed E-state index contributed by atoms with van der Waals surface area (Å²) in [5.41, 5.74) is 1.42. The zero-order chi connectivity index (χ0) is 18.4. The van der Waals surface area contributed by atoms with E-state index < -0.39 is 0 Å². The molecule has 1 aromatic heterocycles. The highest BCUT2D eigenvalue weighted by molar-refractivity contribution is 7.12. The van der Waals surface area contributed by atoms with E-state index in [1.807, 2.05) is 5.38 Å². The van der Waals surface area contributed by atoms with Crippen LogP contribution in [0, 0.1) is 0 Å². The first kappa shape index (κ1) is 17.6. The first-order chi connectivity index (χ1) is 12.7. The second-order valence-electron chi connectivity index (χ2n) is 5.36. The van der Waals surface area contributed by atoms with Gasteiger partial charge in [-0.25, -0.2) is 4.79 Å². The highest BCUT2D eigenvalue weighted by atomic mass is 32.1. The van der Waals surface area contributed by atoms with Crippen molar-refractivity contribution in [2.75, 3.05) is 7.11 Å².